The van der Waals surface area contributed by atoms with Crippen LogP contribution in [0.1, 0.15) is 21.5 Å². The van der Waals surface area contributed by atoms with Gasteiger partial charge >= 0.3 is 0 Å². The van der Waals surface area contributed by atoms with Gasteiger partial charge in [0.25, 0.3) is 0 Å². The van der Waals surface area contributed by atoms with Gasteiger partial charge in [-0.2, -0.15) is 0 Å². The number of benzene rings is 2. The molecule has 21 heavy (non-hydrogen) atoms. The minimum absolute atomic E-state index is 0.0474. The standard InChI is InChI=1S/C17H15Cl2NO/c1-11-3-4-12(2)14(9-11)17(21)7-8-20-16-6-5-13(18)10-15(16)19/h3-10,20H,1-2H3/b8-7+. The third-order valence-electron chi connectivity index (χ3n) is 3.06. The molecular weight excluding hydrogens is 305 g/mol. The van der Waals surface area contributed by atoms with Gasteiger partial charge in [-0.3, -0.25) is 4.79 Å². The van der Waals surface area contributed by atoms with E-state index in [2.05, 4.69) is 5.32 Å². The Morgan fingerprint density at radius 1 is 1.10 bits per heavy atom. The van der Waals surface area contributed by atoms with Crippen LogP contribution in [0, 0.1) is 13.8 Å². The van der Waals surface area contributed by atoms with Gasteiger partial charge in [-0.1, -0.05) is 40.9 Å². The number of carbonyl (C=O) groups excluding carboxylic acids is 1. The lowest BCUT2D eigenvalue weighted by atomic mass is 10.0. The van der Waals surface area contributed by atoms with Crippen molar-refractivity contribution in [2.75, 3.05) is 5.32 Å². The number of nitrogens with one attached hydrogen (secondary N) is 1. The predicted molar refractivity (Wildman–Crippen MR) is 89.5 cm³/mol. The Kier molecular flexibility index (Phi) is 5.05. The Balaban J connectivity index is 2.10. The number of hydrogen-bond donors (Lipinski definition) is 1. The van der Waals surface area contributed by atoms with E-state index in [1.165, 1.54) is 6.08 Å². The summed E-state index contributed by atoms with van der Waals surface area (Å²) in [4.78, 5) is 12.2. The molecule has 0 fully saturated rings. The highest BCUT2D eigenvalue weighted by Gasteiger charge is 2.06. The number of anilines is 1. The molecule has 2 aromatic rings. The predicted octanol–water partition coefficient (Wildman–Crippen LogP) is 5.42. The summed E-state index contributed by atoms with van der Waals surface area (Å²) in [6, 6.07) is 11.0. The first-order chi connectivity index (χ1) is 9.97. The van der Waals surface area contributed by atoms with E-state index < -0.39 is 0 Å². The van der Waals surface area contributed by atoms with Crippen LogP contribution >= 0.6 is 23.2 Å². The first kappa shape index (κ1) is 15.6. The Hall–Kier alpha value is -1.77. The van der Waals surface area contributed by atoms with Crippen molar-refractivity contribution < 1.29 is 4.79 Å². The van der Waals surface area contributed by atoms with Gasteiger partial charge in [0.15, 0.2) is 5.78 Å². The largest absolute Gasteiger partial charge is 0.360 e. The zero-order valence-electron chi connectivity index (χ0n) is 11.8. The van der Waals surface area contributed by atoms with Crippen molar-refractivity contribution >= 4 is 34.7 Å². The number of rotatable bonds is 4. The van der Waals surface area contributed by atoms with Gasteiger partial charge in [0.2, 0.25) is 0 Å². The first-order valence-electron chi connectivity index (χ1n) is 6.47. The van der Waals surface area contributed by atoms with Gasteiger partial charge in [-0.05, 0) is 43.7 Å². The Labute approximate surface area is 134 Å². The summed E-state index contributed by atoms with van der Waals surface area (Å²) >= 11 is 11.9. The third-order valence-corrected chi connectivity index (χ3v) is 3.61. The van der Waals surface area contributed by atoms with Crippen molar-refractivity contribution in [1.29, 1.82) is 0 Å². The molecule has 0 bridgehead atoms. The van der Waals surface area contributed by atoms with Gasteiger partial charge in [0.1, 0.15) is 0 Å². The molecule has 2 nitrogen and oxygen atoms in total. The zero-order chi connectivity index (χ0) is 15.4. The maximum absolute atomic E-state index is 12.2. The highest BCUT2D eigenvalue weighted by molar-refractivity contribution is 6.36. The zero-order valence-corrected chi connectivity index (χ0v) is 13.3. The Bertz CT molecular complexity index is 708. The van der Waals surface area contributed by atoms with Crippen LogP contribution in [0.2, 0.25) is 10.0 Å². The Morgan fingerprint density at radius 3 is 2.57 bits per heavy atom. The average Bonchev–Trinajstić information content (AvgIpc) is 2.43. The fraction of sp³-hybridized carbons (Fsp3) is 0.118. The van der Waals surface area contributed by atoms with Gasteiger partial charge < -0.3 is 5.32 Å². The van der Waals surface area contributed by atoms with E-state index >= 15 is 0 Å². The highest BCUT2D eigenvalue weighted by Crippen LogP contribution is 2.25. The van der Waals surface area contributed by atoms with E-state index in [0.717, 1.165) is 11.1 Å². The molecule has 0 atom stereocenters. The number of hydrogen-bond acceptors (Lipinski definition) is 2. The molecule has 0 saturated heterocycles. The molecule has 0 heterocycles. The highest BCUT2D eigenvalue weighted by atomic mass is 35.5. The molecule has 0 aromatic heterocycles. The summed E-state index contributed by atoms with van der Waals surface area (Å²) in [5.74, 6) is -0.0474. The number of ketones is 1. The normalized spacial score (nSPS) is 10.9. The van der Waals surface area contributed by atoms with E-state index in [-0.39, 0.29) is 5.78 Å². The van der Waals surface area contributed by atoms with Gasteiger partial charge in [-0.25, -0.2) is 0 Å². The second-order valence-electron chi connectivity index (χ2n) is 4.78. The topological polar surface area (TPSA) is 29.1 Å². The van der Waals surface area contributed by atoms with Gasteiger partial charge in [-0.15, -0.1) is 0 Å². The molecular formula is C17H15Cl2NO. The van der Waals surface area contributed by atoms with Crippen LogP contribution < -0.4 is 5.32 Å². The van der Waals surface area contributed by atoms with Crippen LogP contribution in [0.5, 0.6) is 0 Å². The minimum Gasteiger partial charge on any atom is -0.360 e. The molecule has 0 aliphatic heterocycles. The van der Waals surface area contributed by atoms with E-state index in [1.807, 2.05) is 32.0 Å². The van der Waals surface area contributed by atoms with Crippen molar-refractivity contribution in [2.24, 2.45) is 0 Å². The van der Waals surface area contributed by atoms with Crippen LogP contribution in [0.3, 0.4) is 0 Å². The number of halogens is 2. The smallest absolute Gasteiger partial charge is 0.187 e. The maximum atomic E-state index is 12.2. The summed E-state index contributed by atoms with van der Waals surface area (Å²) in [6.45, 7) is 3.88. The molecule has 0 saturated carbocycles. The van der Waals surface area contributed by atoms with Crippen molar-refractivity contribution in [2.45, 2.75) is 13.8 Å². The van der Waals surface area contributed by atoms with Crippen molar-refractivity contribution in [3.63, 3.8) is 0 Å². The number of carbonyl (C=O) groups is 1. The van der Waals surface area contributed by atoms with Crippen molar-refractivity contribution in [3.05, 3.63) is 75.4 Å². The molecule has 0 spiro atoms. The summed E-state index contributed by atoms with van der Waals surface area (Å²) < 4.78 is 0. The molecule has 0 unspecified atom stereocenters. The molecule has 1 N–H and O–H groups in total. The van der Waals surface area contributed by atoms with Gasteiger partial charge in [0.05, 0.1) is 10.7 Å². The number of allylic oxidation sites excluding steroid dienone is 1. The molecule has 0 aliphatic carbocycles. The lowest BCUT2D eigenvalue weighted by Gasteiger charge is -2.05. The third kappa shape index (κ3) is 4.10. The minimum atomic E-state index is -0.0474. The fourth-order valence-electron chi connectivity index (χ4n) is 1.90. The van der Waals surface area contributed by atoms with Crippen LogP contribution in [0.4, 0.5) is 5.69 Å². The number of aryl methyl sites for hydroxylation is 2. The monoisotopic (exact) mass is 319 g/mol. The molecule has 2 rings (SSSR count). The second kappa shape index (κ2) is 6.79. The van der Waals surface area contributed by atoms with Crippen LogP contribution in [0.15, 0.2) is 48.7 Å². The van der Waals surface area contributed by atoms with Crippen molar-refractivity contribution in [1.82, 2.24) is 0 Å². The molecule has 108 valence electrons. The van der Waals surface area contributed by atoms with Crippen LogP contribution in [0.25, 0.3) is 0 Å². The van der Waals surface area contributed by atoms with Crippen LogP contribution in [-0.4, -0.2) is 5.78 Å². The maximum Gasteiger partial charge on any atom is 0.187 e. The fourth-order valence-corrected chi connectivity index (χ4v) is 2.37. The van der Waals surface area contributed by atoms with E-state index in [4.69, 9.17) is 23.2 Å². The lowest BCUT2D eigenvalue weighted by molar-refractivity contribution is 0.104. The van der Waals surface area contributed by atoms with E-state index in [9.17, 15) is 4.79 Å². The summed E-state index contributed by atoms with van der Waals surface area (Å²) in [5, 5.41) is 4.06. The molecule has 2 aromatic carbocycles. The molecule has 0 amide bonds. The quantitative estimate of drug-likeness (QED) is 0.602. The average molecular weight is 320 g/mol. The summed E-state index contributed by atoms with van der Waals surface area (Å²) in [5.41, 5.74) is 3.42. The SMILES string of the molecule is Cc1ccc(C)c(C(=O)/C=C/Nc2ccc(Cl)cc2Cl)c1. The van der Waals surface area contributed by atoms with E-state index in [1.54, 1.807) is 24.4 Å². The van der Waals surface area contributed by atoms with Crippen LogP contribution in [-0.2, 0) is 0 Å². The molecule has 4 heteroatoms. The Morgan fingerprint density at radius 2 is 1.86 bits per heavy atom. The van der Waals surface area contributed by atoms with Gasteiger partial charge in [0, 0.05) is 22.9 Å². The second-order valence-corrected chi connectivity index (χ2v) is 5.63. The molecule has 0 aliphatic rings. The molecule has 0 radical (unpaired) electrons. The summed E-state index contributed by atoms with van der Waals surface area (Å²) in [7, 11) is 0. The summed E-state index contributed by atoms with van der Waals surface area (Å²) in [6.07, 6.45) is 3.08. The lowest BCUT2D eigenvalue weighted by Crippen LogP contribution is -2.00. The van der Waals surface area contributed by atoms with E-state index in [0.29, 0.717) is 21.3 Å². The first-order valence-corrected chi connectivity index (χ1v) is 7.22. The van der Waals surface area contributed by atoms with Crippen molar-refractivity contribution in [3.8, 4) is 0 Å².